The van der Waals surface area contributed by atoms with Crippen LogP contribution in [0.3, 0.4) is 0 Å². The van der Waals surface area contributed by atoms with Crippen molar-refractivity contribution in [1.29, 1.82) is 0 Å². The maximum Gasteiger partial charge on any atom is 0.282 e. The molecule has 0 bridgehead atoms. The first-order valence-corrected chi connectivity index (χ1v) is 10.0. The first kappa shape index (κ1) is 20.0. The first-order valence-electron chi connectivity index (χ1n) is 9.28. The summed E-state index contributed by atoms with van der Waals surface area (Å²) in [4.78, 5) is 16.4. The number of anilines is 2. The average Bonchev–Trinajstić information content (AvgIpc) is 2.66. The third-order valence-corrected chi connectivity index (χ3v) is 6.06. The zero-order chi connectivity index (χ0) is 19.6. The molecular formula is C21H26Cl2N3O+. The van der Waals surface area contributed by atoms with E-state index in [2.05, 4.69) is 42.3 Å². The van der Waals surface area contributed by atoms with E-state index in [1.54, 1.807) is 18.2 Å². The fraction of sp³-hybridized carbons (Fsp3) is 0.381. The van der Waals surface area contributed by atoms with Crippen LogP contribution in [0.15, 0.2) is 36.4 Å². The highest BCUT2D eigenvalue weighted by atomic mass is 35.5. The Hall–Kier alpha value is -1.75. The van der Waals surface area contributed by atoms with E-state index in [1.807, 2.05) is 6.92 Å². The van der Waals surface area contributed by atoms with E-state index in [0.717, 1.165) is 26.2 Å². The van der Waals surface area contributed by atoms with Gasteiger partial charge in [-0.1, -0.05) is 35.3 Å². The molecule has 1 aliphatic rings. The van der Waals surface area contributed by atoms with Gasteiger partial charge in [0.2, 0.25) is 0 Å². The van der Waals surface area contributed by atoms with Gasteiger partial charge in [0, 0.05) is 10.7 Å². The quantitative estimate of drug-likeness (QED) is 0.816. The van der Waals surface area contributed by atoms with Gasteiger partial charge in [-0.05, 0) is 56.2 Å². The zero-order valence-corrected chi connectivity index (χ0v) is 17.5. The van der Waals surface area contributed by atoms with Gasteiger partial charge in [-0.2, -0.15) is 0 Å². The summed E-state index contributed by atoms with van der Waals surface area (Å²) in [6, 6.07) is 11.4. The lowest BCUT2D eigenvalue weighted by molar-refractivity contribution is -0.914. The van der Waals surface area contributed by atoms with Crippen LogP contribution in [-0.4, -0.2) is 38.1 Å². The second kappa shape index (κ2) is 8.51. The number of hydrogen-bond donors (Lipinski definition) is 2. The molecule has 3 rings (SSSR count). The summed E-state index contributed by atoms with van der Waals surface area (Å²) < 4.78 is 0. The number of amides is 1. The SMILES string of the molecule is Cc1cccc(N2CC[NH+]([C@H](C)C(=O)Nc3ccc(Cl)cc3Cl)CC2)c1C. The molecule has 0 aromatic heterocycles. The van der Waals surface area contributed by atoms with Crippen LogP contribution in [0.2, 0.25) is 10.0 Å². The maximum atomic E-state index is 12.7. The molecule has 2 aromatic rings. The standard InChI is InChI=1S/C21H25Cl2N3O/c1-14-5-4-6-20(15(14)2)26-11-9-25(10-12-26)16(3)21(27)24-19-8-7-17(22)13-18(19)23/h4-8,13,16H,9-12H2,1-3H3,(H,24,27)/p+1/t16-/m1/s1. The van der Waals surface area contributed by atoms with Crippen molar-refractivity contribution in [3.05, 3.63) is 57.6 Å². The van der Waals surface area contributed by atoms with Crippen LogP contribution >= 0.6 is 23.2 Å². The Balaban J connectivity index is 1.60. The van der Waals surface area contributed by atoms with Crippen LogP contribution < -0.4 is 15.1 Å². The number of nitrogens with one attached hydrogen (secondary N) is 2. The maximum absolute atomic E-state index is 12.7. The molecule has 0 radical (unpaired) electrons. The lowest BCUT2D eigenvalue weighted by Gasteiger charge is -2.36. The number of carbonyl (C=O) groups is 1. The van der Waals surface area contributed by atoms with Gasteiger partial charge in [0.25, 0.3) is 5.91 Å². The van der Waals surface area contributed by atoms with Gasteiger partial charge in [0.1, 0.15) is 0 Å². The molecule has 2 N–H and O–H groups in total. The van der Waals surface area contributed by atoms with Crippen LogP contribution in [-0.2, 0) is 4.79 Å². The van der Waals surface area contributed by atoms with Gasteiger partial charge >= 0.3 is 0 Å². The number of nitrogens with zero attached hydrogens (tertiary/aromatic N) is 1. The number of benzene rings is 2. The predicted octanol–water partition coefficient (Wildman–Crippen LogP) is 3.34. The normalized spacial score (nSPS) is 16.3. The molecule has 27 heavy (non-hydrogen) atoms. The third-order valence-electron chi connectivity index (χ3n) is 5.52. The van der Waals surface area contributed by atoms with Crippen molar-refractivity contribution < 1.29 is 9.69 Å². The lowest BCUT2D eigenvalue weighted by atomic mass is 10.1. The number of hydrogen-bond acceptors (Lipinski definition) is 2. The highest BCUT2D eigenvalue weighted by Gasteiger charge is 2.30. The van der Waals surface area contributed by atoms with Crippen molar-refractivity contribution in [3.63, 3.8) is 0 Å². The first-order chi connectivity index (χ1) is 12.9. The van der Waals surface area contributed by atoms with Crippen LogP contribution in [0.1, 0.15) is 18.1 Å². The van der Waals surface area contributed by atoms with E-state index in [0.29, 0.717) is 15.7 Å². The predicted molar refractivity (Wildman–Crippen MR) is 113 cm³/mol. The molecule has 2 aromatic carbocycles. The fourth-order valence-corrected chi connectivity index (χ4v) is 4.02. The Morgan fingerprint density at radius 3 is 2.52 bits per heavy atom. The van der Waals surface area contributed by atoms with Crippen molar-refractivity contribution in [2.75, 3.05) is 36.4 Å². The number of carbonyl (C=O) groups excluding carboxylic acids is 1. The molecule has 0 spiro atoms. The monoisotopic (exact) mass is 406 g/mol. The van der Waals surface area contributed by atoms with E-state index in [9.17, 15) is 4.79 Å². The molecule has 144 valence electrons. The summed E-state index contributed by atoms with van der Waals surface area (Å²) in [6.07, 6.45) is 0. The smallest absolute Gasteiger partial charge is 0.282 e. The van der Waals surface area contributed by atoms with Crippen molar-refractivity contribution in [2.45, 2.75) is 26.8 Å². The molecule has 1 atom stereocenters. The molecular weight excluding hydrogens is 381 g/mol. The summed E-state index contributed by atoms with van der Waals surface area (Å²) in [6.45, 7) is 10.0. The van der Waals surface area contributed by atoms with Gasteiger partial charge < -0.3 is 15.1 Å². The van der Waals surface area contributed by atoms with E-state index in [-0.39, 0.29) is 11.9 Å². The lowest BCUT2D eigenvalue weighted by Crippen LogP contribution is -3.19. The van der Waals surface area contributed by atoms with Crippen LogP contribution in [0.5, 0.6) is 0 Å². The van der Waals surface area contributed by atoms with Crippen LogP contribution in [0.4, 0.5) is 11.4 Å². The molecule has 0 unspecified atom stereocenters. The fourth-order valence-electron chi connectivity index (χ4n) is 3.56. The highest BCUT2D eigenvalue weighted by molar-refractivity contribution is 6.36. The van der Waals surface area contributed by atoms with Gasteiger partial charge in [-0.3, -0.25) is 4.79 Å². The average molecular weight is 407 g/mol. The Morgan fingerprint density at radius 2 is 1.85 bits per heavy atom. The minimum atomic E-state index is -0.141. The van der Waals surface area contributed by atoms with Crippen molar-refractivity contribution in [3.8, 4) is 0 Å². The molecule has 6 heteroatoms. The molecule has 1 aliphatic heterocycles. The van der Waals surface area contributed by atoms with Gasteiger partial charge in [0.15, 0.2) is 6.04 Å². The molecule has 1 heterocycles. The Morgan fingerprint density at radius 1 is 1.15 bits per heavy atom. The van der Waals surface area contributed by atoms with Crippen molar-refractivity contribution in [2.24, 2.45) is 0 Å². The number of halogens is 2. The van der Waals surface area contributed by atoms with E-state index in [4.69, 9.17) is 23.2 Å². The molecule has 4 nitrogen and oxygen atoms in total. The topological polar surface area (TPSA) is 36.8 Å². The van der Waals surface area contributed by atoms with Crippen molar-refractivity contribution in [1.82, 2.24) is 0 Å². The van der Waals surface area contributed by atoms with Crippen molar-refractivity contribution >= 4 is 40.5 Å². The molecule has 1 fully saturated rings. The molecule has 1 saturated heterocycles. The Labute approximate surface area is 171 Å². The van der Waals surface area contributed by atoms with E-state index >= 15 is 0 Å². The molecule has 1 amide bonds. The second-order valence-electron chi connectivity index (χ2n) is 7.20. The summed E-state index contributed by atoms with van der Waals surface area (Å²) in [7, 11) is 0. The summed E-state index contributed by atoms with van der Waals surface area (Å²) in [5.74, 6) is -0.0191. The number of aryl methyl sites for hydroxylation is 1. The van der Waals surface area contributed by atoms with E-state index in [1.165, 1.54) is 21.7 Å². The third kappa shape index (κ3) is 4.57. The second-order valence-corrected chi connectivity index (χ2v) is 8.04. The van der Waals surface area contributed by atoms with Crippen LogP contribution in [0.25, 0.3) is 0 Å². The minimum absolute atomic E-state index is 0.0191. The van der Waals surface area contributed by atoms with E-state index < -0.39 is 0 Å². The zero-order valence-electron chi connectivity index (χ0n) is 16.0. The number of quaternary nitrogens is 1. The van der Waals surface area contributed by atoms with Gasteiger partial charge in [0.05, 0.1) is 36.9 Å². The number of piperazine rings is 1. The molecule has 0 aliphatic carbocycles. The van der Waals surface area contributed by atoms with Gasteiger partial charge in [-0.25, -0.2) is 0 Å². The molecule has 0 saturated carbocycles. The summed E-state index contributed by atoms with van der Waals surface area (Å²) in [5, 5.41) is 3.94. The minimum Gasteiger partial charge on any atom is -0.360 e. The highest BCUT2D eigenvalue weighted by Crippen LogP contribution is 2.25. The summed E-state index contributed by atoms with van der Waals surface area (Å²) in [5.41, 5.74) is 4.56. The van der Waals surface area contributed by atoms with Gasteiger partial charge in [-0.15, -0.1) is 0 Å². The Kier molecular flexibility index (Phi) is 6.30. The largest absolute Gasteiger partial charge is 0.360 e. The summed E-state index contributed by atoms with van der Waals surface area (Å²) >= 11 is 12.1. The number of rotatable bonds is 4. The van der Waals surface area contributed by atoms with Crippen LogP contribution in [0, 0.1) is 13.8 Å². The Bertz CT molecular complexity index is 832.